The van der Waals surface area contributed by atoms with Crippen molar-refractivity contribution >= 4 is 17.7 Å². The van der Waals surface area contributed by atoms with Gasteiger partial charge in [0.05, 0.1) is 6.04 Å². The van der Waals surface area contributed by atoms with Crippen molar-refractivity contribution < 1.29 is 4.79 Å². The number of nitrogens with one attached hydrogen (secondary N) is 1. The fourth-order valence-electron chi connectivity index (χ4n) is 2.39. The molecule has 1 saturated carbocycles. The SMILES string of the molecule is O=C(C1CSCCN1)N(Cc1cccnc1)C1CC1. The van der Waals surface area contributed by atoms with Crippen LogP contribution in [0.15, 0.2) is 24.5 Å². The maximum atomic E-state index is 12.6. The standard InChI is InChI=1S/C14H19N3OS/c18-14(13-10-19-7-6-16-13)17(12-3-4-12)9-11-2-1-5-15-8-11/h1-2,5,8,12-13,16H,3-4,6-7,9-10H2. The zero-order valence-corrected chi connectivity index (χ0v) is 11.7. The van der Waals surface area contributed by atoms with Crippen LogP contribution in [-0.2, 0) is 11.3 Å². The molecule has 0 bridgehead atoms. The minimum atomic E-state index is -0.00368. The van der Waals surface area contributed by atoms with Crippen molar-refractivity contribution in [2.24, 2.45) is 0 Å². The summed E-state index contributed by atoms with van der Waals surface area (Å²) >= 11 is 1.86. The number of hydrogen-bond acceptors (Lipinski definition) is 4. The van der Waals surface area contributed by atoms with Crippen molar-refractivity contribution in [3.8, 4) is 0 Å². The van der Waals surface area contributed by atoms with Crippen LogP contribution in [0.1, 0.15) is 18.4 Å². The van der Waals surface area contributed by atoms with Crippen LogP contribution >= 0.6 is 11.8 Å². The number of thioether (sulfide) groups is 1. The Morgan fingerprint density at radius 1 is 1.53 bits per heavy atom. The van der Waals surface area contributed by atoms with E-state index in [1.54, 1.807) is 6.20 Å². The second-order valence-electron chi connectivity index (χ2n) is 5.14. The van der Waals surface area contributed by atoms with E-state index in [0.717, 1.165) is 36.5 Å². The molecule has 1 amide bonds. The molecule has 1 aromatic rings. The second-order valence-corrected chi connectivity index (χ2v) is 6.29. The van der Waals surface area contributed by atoms with E-state index in [1.165, 1.54) is 0 Å². The van der Waals surface area contributed by atoms with E-state index in [9.17, 15) is 4.79 Å². The maximum absolute atomic E-state index is 12.6. The highest BCUT2D eigenvalue weighted by Gasteiger charge is 2.36. The molecule has 1 unspecified atom stereocenters. The Labute approximate surface area is 118 Å². The average Bonchev–Trinajstić information content (AvgIpc) is 3.31. The summed E-state index contributed by atoms with van der Waals surface area (Å²) in [6, 6.07) is 4.41. The van der Waals surface area contributed by atoms with E-state index >= 15 is 0 Å². The number of hydrogen-bond donors (Lipinski definition) is 1. The molecular formula is C14H19N3OS. The highest BCUT2D eigenvalue weighted by atomic mass is 32.2. The van der Waals surface area contributed by atoms with Crippen molar-refractivity contribution in [3.05, 3.63) is 30.1 Å². The van der Waals surface area contributed by atoms with E-state index in [1.807, 2.05) is 35.0 Å². The molecule has 2 fully saturated rings. The van der Waals surface area contributed by atoms with Crippen LogP contribution in [0.25, 0.3) is 0 Å². The Morgan fingerprint density at radius 2 is 2.42 bits per heavy atom. The van der Waals surface area contributed by atoms with Gasteiger partial charge in [0.15, 0.2) is 0 Å². The number of aromatic nitrogens is 1. The number of carbonyl (C=O) groups excluding carboxylic acids is 1. The number of nitrogens with zero attached hydrogens (tertiary/aromatic N) is 2. The number of carbonyl (C=O) groups is 1. The van der Waals surface area contributed by atoms with Gasteiger partial charge in [-0.15, -0.1) is 0 Å². The molecule has 102 valence electrons. The molecule has 3 rings (SSSR count). The van der Waals surface area contributed by atoms with Crippen LogP contribution < -0.4 is 5.32 Å². The molecule has 1 aliphatic heterocycles. The third kappa shape index (κ3) is 3.28. The van der Waals surface area contributed by atoms with Crippen molar-refractivity contribution in [1.82, 2.24) is 15.2 Å². The Kier molecular flexibility index (Phi) is 4.03. The summed E-state index contributed by atoms with van der Waals surface area (Å²) < 4.78 is 0. The first kappa shape index (κ1) is 12.9. The minimum Gasteiger partial charge on any atom is -0.334 e. The normalized spacial score (nSPS) is 23.1. The van der Waals surface area contributed by atoms with Gasteiger partial charge in [-0.1, -0.05) is 6.07 Å². The monoisotopic (exact) mass is 277 g/mol. The first-order chi connectivity index (χ1) is 9.34. The molecule has 1 saturated heterocycles. The van der Waals surface area contributed by atoms with Crippen LogP contribution in [0.2, 0.25) is 0 Å². The summed E-state index contributed by atoms with van der Waals surface area (Å²) in [7, 11) is 0. The highest BCUT2D eigenvalue weighted by molar-refractivity contribution is 7.99. The van der Waals surface area contributed by atoms with Gasteiger partial charge >= 0.3 is 0 Å². The lowest BCUT2D eigenvalue weighted by Gasteiger charge is -2.30. The van der Waals surface area contributed by atoms with Crippen LogP contribution in [0, 0.1) is 0 Å². The molecule has 4 nitrogen and oxygen atoms in total. The van der Waals surface area contributed by atoms with Gasteiger partial charge in [-0.25, -0.2) is 0 Å². The van der Waals surface area contributed by atoms with Gasteiger partial charge in [-0.05, 0) is 24.5 Å². The minimum absolute atomic E-state index is 0.00368. The Balaban J connectivity index is 1.68. The van der Waals surface area contributed by atoms with E-state index in [0.29, 0.717) is 12.6 Å². The molecule has 0 aromatic carbocycles. The summed E-state index contributed by atoms with van der Waals surface area (Å²) in [6.45, 7) is 1.63. The Morgan fingerprint density at radius 3 is 3.05 bits per heavy atom. The summed E-state index contributed by atoms with van der Waals surface area (Å²) in [4.78, 5) is 18.8. The lowest BCUT2D eigenvalue weighted by molar-refractivity contribution is -0.134. The first-order valence-electron chi connectivity index (χ1n) is 6.85. The van der Waals surface area contributed by atoms with Crippen LogP contribution in [0.3, 0.4) is 0 Å². The van der Waals surface area contributed by atoms with Gasteiger partial charge in [0.25, 0.3) is 0 Å². The van der Waals surface area contributed by atoms with Crippen LogP contribution in [0.5, 0.6) is 0 Å². The molecule has 2 heterocycles. The van der Waals surface area contributed by atoms with E-state index in [-0.39, 0.29) is 11.9 Å². The summed E-state index contributed by atoms with van der Waals surface area (Å²) in [5, 5.41) is 3.34. The Hall–Kier alpha value is -1.07. The van der Waals surface area contributed by atoms with Crippen LogP contribution in [-0.4, -0.2) is 45.9 Å². The van der Waals surface area contributed by atoms with Gasteiger partial charge in [-0.2, -0.15) is 11.8 Å². The number of rotatable bonds is 4. The summed E-state index contributed by atoms with van der Waals surface area (Å²) in [6.07, 6.45) is 5.91. The van der Waals surface area contributed by atoms with E-state index < -0.39 is 0 Å². The van der Waals surface area contributed by atoms with Crippen molar-refractivity contribution in [2.45, 2.75) is 31.5 Å². The largest absolute Gasteiger partial charge is 0.334 e. The predicted octanol–water partition coefficient (Wildman–Crippen LogP) is 1.28. The van der Waals surface area contributed by atoms with Crippen molar-refractivity contribution in [1.29, 1.82) is 0 Å². The summed E-state index contributed by atoms with van der Waals surface area (Å²) in [5.41, 5.74) is 1.12. The van der Waals surface area contributed by atoms with Crippen molar-refractivity contribution in [3.63, 3.8) is 0 Å². The molecular weight excluding hydrogens is 258 g/mol. The van der Waals surface area contributed by atoms with Crippen molar-refractivity contribution in [2.75, 3.05) is 18.1 Å². The fraction of sp³-hybridized carbons (Fsp3) is 0.571. The molecule has 1 aliphatic carbocycles. The molecule has 19 heavy (non-hydrogen) atoms. The topological polar surface area (TPSA) is 45.2 Å². The molecule has 0 radical (unpaired) electrons. The van der Waals surface area contributed by atoms with Crippen LogP contribution in [0.4, 0.5) is 0 Å². The third-order valence-corrected chi connectivity index (χ3v) is 4.63. The zero-order valence-electron chi connectivity index (χ0n) is 10.9. The molecule has 0 spiro atoms. The third-order valence-electron chi connectivity index (χ3n) is 3.57. The van der Waals surface area contributed by atoms with E-state index in [2.05, 4.69) is 10.3 Å². The second kappa shape index (κ2) is 5.92. The van der Waals surface area contributed by atoms with Gasteiger partial charge in [-0.3, -0.25) is 9.78 Å². The van der Waals surface area contributed by atoms with E-state index in [4.69, 9.17) is 0 Å². The highest BCUT2D eigenvalue weighted by Crippen LogP contribution is 2.29. The lowest BCUT2D eigenvalue weighted by Crippen LogP contribution is -2.51. The number of amides is 1. The first-order valence-corrected chi connectivity index (χ1v) is 8.00. The fourth-order valence-corrected chi connectivity index (χ4v) is 3.31. The Bertz CT molecular complexity index is 430. The maximum Gasteiger partial charge on any atom is 0.241 e. The molecule has 1 N–H and O–H groups in total. The molecule has 2 aliphatic rings. The molecule has 1 atom stereocenters. The lowest BCUT2D eigenvalue weighted by atomic mass is 10.2. The molecule has 5 heteroatoms. The quantitative estimate of drug-likeness (QED) is 0.900. The average molecular weight is 277 g/mol. The van der Waals surface area contributed by atoms with Gasteiger partial charge in [0.1, 0.15) is 0 Å². The predicted molar refractivity (Wildman–Crippen MR) is 76.9 cm³/mol. The number of pyridine rings is 1. The zero-order chi connectivity index (χ0) is 13.1. The van der Waals surface area contributed by atoms with Gasteiger partial charge < -0.3 is 10.2 Å². The summed E-state index contributed by atoms with van der Waals surface area (Å²) in [5.74, 6) is 2.27. The van der Waals surface area contributed by atoms with Gasteiger partial charge in [0, 0.05) is 43.0 Å². The molecule has 1 aromatic heterocycles. The van der Waals surface area contributed by atoms with Gasteiger partial charge in [0.2, 0.25) is 5.91 Å². The smallest absolute Gasteiger partial charge is 0.241 e.